The lowest BCUT2D eigenvalue weighted by atomic mass is 10.1. The molecule has 0 atom stereocenters. The highest BCUT2D eigenvalue weighted by Gasteiger charge is 1.97. The van der Waals surface area contributed by atoms with Crippen LogP contribution in [0.3, 0.4) is 0 Å². The van der Waals surface area contributed by atoms with E-state index in [4.69, 9.17) is 4.74 Å². The Morgan fingerprint density at radius 2 is 1.92 bits per heavy atom. The molecule has 0 saturated carbocycles. The van der Waals surface area contributed by atoms with Crippen LogP contribution >= 0.6 is 0 Å². The van der Waals surface area contributed by atoms with E-state index in [1.54, 1.807) is 13.2 Å². The van der Waals surface area contributed by atoms with Crippen LogP contribution in [0, 0.1) is 0 Å². The van der Waals surface area contributed by atoms with Gasteiger partial charge in [0.2, 0.25) is 0 Å². The smallest absolute Gasteiger partial charge is 0.150 e. The Balaban J connectivity index is 3.14. The first-order valence-corrected chi connectivity index (χ1v) is 4.07. The summed E-state index contributed by atoms with van der Waals surface area (Å²) < 4.78 is 5.05. The van der Waals surface area contributed by atoms with Crippen molar-refractivity contribution >= 4 is 12.4 Å². The van der Waals surface area contributed by atoms with Gasteiger partial charge in [-0.05, 0) is 30.7 Å². The summed E-state index contributed by atoms with van der Waals surface area (Å²) in [6.45, 7) is 1.93. The second-order valence-corrected chi connectivity index (χ2v) is 2.66. The van der Waals surface area contributed by atoms with Gasteiger partial charge in [0.25, 0.3) is 0 Å². The molecular weight excluding hydrogens is 164 g/mol. The van der Waals surface area contributed by atoms with Crippen LogP contribution in [0.15, 0.2) is 24.3 Å². The van der Waals surface area contributed by atoms with Crippen molar-refractivity contribution in [3.8, 4) is 5.75 Å². The Bertz CT molecular complexity index is 327. The maximum atomic E-state index is 10.6. The molecule has 0 heterocycles. The zero-order valence-corrected chi connectivity index (χ0v) is 7.78. The van der Waals surface area contributed by atoms with Crippen molar-refractivity contribution in [2.45, 2.75) is 6.92 Å². The normalized spacial score (nSPS) is 10.3. The molecule has 0 unspecified atom stereocenters. The van der Waals surface area contributed by atoms with E-state index in [-0.39, 0.29) is 0 Å². The molecule has 0 aromatic heterocycles. The Kier molecular flexibility index (Phi) is 3.26. The van der Waals surface area contributed by atoms with Crippen LogP contribution in [-0.2, 0) is 0 Å². The number of benzene rings is 1. The molecule has 0 saturated heterocycles. The van der Waals surface area contributed by atoms with Gasteiger partial charge in [-0.15, -0.1) is 0 Å². The topological polar surface area (TPSA) is 26.3 Å². The highest BCUT2D eigenvalue weighted by molar-refractivity contribution is 5.77. The maximum absolute atomic E-state index is 10.6. The Labute approximate surface area is 77.8 Å². The number of methoxy groups -OCH3 is 1. The number of aldehydes is 1. The van der Waals surface area contributed by atoms with Crippen molar-refractivity contribution in [3.05, 3.63) is 35.4 Å². The van der Waals surface area contributed by atoms with Crippen molar-refractivity contribution in [1.29, 1.82) is 0 Å². The fraction of sp³-hybridized carbons (Fsp3) is 0.182. The molecule has 0 aliphatic rings. The largest absolute Gasteiger partial charge is 0.497 e. The van der Waals surface area contributed by atoms with Crippen molar-refractivity contribution in [2.24, 2.45) is 0 Å². The van der Waals surface area contributed by atoms with Crippen molar-refractivity contribution in [2.75, 3.05) is 7.11 Å². The molecule has 13 heavy (non-hydrogen) atoms. The minimum Gasteiger partial charge on any atom is -0.497 e. The van der Waals surface area contributed by atoms with Crippen LogP contribution in [0.1, 0.15) is 22.8 Å². The SMILES string of the molecule is C/C=C\c1cc(C=O)cc(OC)c1. The fourth-order valence-electron chi connectivity index (χ4n) is 1.12. The van der Waals surface area contributed by atoms with E-state index in [2.05, 4.69) is 0 Å². The molecule has 1 aromatic rings. The molecule has 0 fully saturated rings. The van der Waals surface area contributed by atoms with Crippen molar-refractivity contribution in [3.63, 3.8) is 0 Å². The van der Waals surface area contributed by atoms with E-state index in [0.29, 0.717) is 11.3 Å². The first-order valence-electron chi connectivity index (χ1n) is 4.07. The summed E-state index contributed by atoms with van der Waals surface area (Å²) in [5.41, 5.74) is 1.61. The van der Waals surface area contributed by atoms with Gasteiger partial charge < -0.3 is 4.74 Å². The van der Waals surface area contributed by atoms with Crippen molar-refractivity contribution in [1.82, 2.24) is 0 Å². The monoisotopic (exact) mass is 176 g/mol. The van der Waals surface area contributed by atoms with E-state index in [9.17, 15) is 4.79 Å². The van der Waals surface area contributed by atoms with Gasteiger partial charge in [0.1, 0.15) is 12.0 Å². The van der Waals surface area contributed by atoms with E-state index in [1.807, 2.05) is 31.2 Å². The first kappa shape index (κ1) is 9.52. The van der Waals surface area contributed by atoms with E-state index in [0.717, 1.165) is 11.8 Å². The summed E-state index contributed by atoms with van der Waals surface area (Å²) in [6, 6.07) is 5.41. The van der Waals surface area contributed by atoms with Crippen molar-refractivity contribution < 1.29 is 9.53 Å². The highest BCUT2D eigenvalue weighted by atomic mass is 16.5. The van der Waals surface area contributed by atoms with Gasteiger partial charge in [0.05, 0.1) is 7.11 Å². The summed E-state index contributed by atoms with van der Waals surface area (Å²) in [5.74, 6) is 0.706. The molecule has 1 rings (SSSR count). The molecule has 68 valence electrons. The van der Waals surface area contributed by atoms with Crippen LogP contribution in [0.4, 0.5) is 0 Å². The summed E-state index contributed by atoms with van der Waals surface area (Å²) in [4.78, 5) is 10.6. The second kappa shape index (κ2) is 4.45. The molecule has 2 nitrogen and oxygen atoms in total. The molecule has 0 aliphatic heterocycles. The third kappa shape index (κ3) is 2.44. The third-order valence-electron chi connectivity index (χ3n) is 1.68. The lowest BCUT2D eigenvalue weighted by molar-refractivity contribution is 0.112. The molecule has 0 N–H and O–H groups in total. The fourth-order valence-corrected chi connectivity index (χ4v) is 1.12. The van der Waals surface area contributed by atoms with Crippen LogP contribution in [0.25, 0.3) is 6.08 Å². The molecule has 1 aromatic carbocycles. The average molecular weight is 176 g/mol. The Morgan fingerprint density at radius 3 is 2.46 bits per heavy atom. The number of allylic oxidation sites excluding steroid dienone is 1. The summed E-state index contributed by atoms with van der Waals surface area (Å²) in [6.07, 6.45) is 4.66. The number of carbonyl (C=O) groups excluding carboxylic acids is 1. The van der Waals surface area contributed by atoms with E-state index in [1.165, 1.54) is 0 Å². The summed E-state index contributed by atoms with van der Waals surface area (Å²) >= 11 is 0. The molecule has 2 heteroatoms. The van der Waals surface area contributed by atoms with E-state index >= 15 is 0 Å². The summed E-state index contributed by atoms with van der Waals surface area (Å²) in [5, 5.41) is 0. The molecule has 0 aliphatic carbocycles. The number of hydrogen-bond donors (Lipinski definition) is 0. The molecule has 0 bridgehead atoms. The van der Waals surface area contributed by atoms with Gasteiger partial charge in [0.15, 0.2) is 0 Å². The number of ether oxygens (including phenoxy) is 1. The zero-order chi connectivity index (χ0) is 9.68. The zero-order valence-electron chi connectivity index (χ0n) is 7.78. The molecule has 0 spiro atoms. The van der Waals surface area contributed by atoms with Crippen LogP contribution in [0.2, 0.25) is 0 Å². The van der Waals surface area contributed by atoms with Gasteiger partial charge in [-0.2, -0.15) is 0 Å². The van der Waals surface area contributed by atoms with Crippen LogP contribution < -0.4 is 4.74 Å². The molecule has 0 amide bonds. The second-order valence-electron chi connectivity index (χ2n) is 2.66. The molecule has 0 radical (unpaired) electrons. The quantitative estimate of drug-likeness (QED) is 0.661. The maximum Gasteiger partial charge on any atom is 0.150 e. The summed E-state index contributed by atoms with van der Waals surface area (Å²) in [7, 11) is 1.59. The van der Waals surface area contributed by atoms with Gasteiger partial charge in [-0.1, -0.05) is 12.2 Å². The number of rotatable bonds is 3. The standard InChI is InChI=1S/C11H12O2/c1-3-4-9-5-10(8-12)7-11(6-9)13-2/h3-8H,1-2H3/b4-3-. The Morgan fingerprint density at radius 1 is 1.23 bits per heavy atom. The third-order valence-corrected chi connectivity index (χ3v) is 1.68. The van der Waals surface area contributed by atoms with Gasteiger partial charge in [-0.25, -0.2) is 0 Å². The predicted molar refractivity (Wildman–Crippen MR) is 53.1 cm³/mol. The lowest BCUT2D eigenvalue weighted by Gasteiger charge is -2.02. The lowest BCUT2D eigenvalue weighted by Crippen LogP contribution is -1.87. The minimum absolute atomic E-state index is 0.632. The number of hydrogen-bond acceptors (Lipinski definition) is 2. The van der Waals surface area contributed by atoms with Gasteiger partial charge >= 0.3 is 0 Å². The molecular formula is C11H12O2. The minimum atomic E-state index is 0.632. The Hall–Kier alpha value is -1.57. The number of carbonyl (C=O) groups is 1. The van der Waals surface area contributed by atoms with Gasteiger partial charge in [0, 0.05) is 5.56 Å². The van der Waals surface area contributed by atoms with Crippen LogP contribution in [0.5, 0.6) is 5.75 Å². The van der Waals surface area contributed by atoms with Gasteiger partial charge in [-0.3, -0.25) is 4.79 Å². The highest BCUT2D eigenvalue weighted by Crippen LogP contribution is 2.16. The first-order chi connectivity index (χ1) is 6.30. The average Bonchev–Trinajstić information content (AvgIpc) is 2.17. The van der Waals surface area contributed by atoms with E-state index < -0.39 is 0 Å². The predicted octanol–water partition coefficient (Wildman–Crippen LogP) is 2.54. The van der Waals surface area contributed by atoms with Crippen LogP contribution in [-0.4, -0.2) is 13.4 Å².